The molecule has 0 spiro atoms. The molecule has 6 heteroatoms. The van der Waals surface area contributed by atoms with Crippen molar-refractivity contribution in [1.29, 1.82) is 5.26 Å². The van der Waals surface area contributed by atoms with E-state index in [9.17, 15) is 5.26 Å². The largest absolute Gasteiger partial charge is 0.375 e. The third kappa shape index (κ3) is 3.41. The second-order valence-electron chi connectivity index (χ2n) is 6.52. The molecule has 3 aromatic rings. The molecule has 1 aromatic carbocycles. The maximum absolute atomic E-state index is 9.59. The number of nitrogens with zero attached hydrogens (tertiary/aromatic N) is 4. The summed E-state index contributed by atoms with van der Waals surface area (Å²) in [7, 11) is 3.68. The fraction of sp³-hybridized carbons (Fsp3) is 0.350. The minimum Gasteiger partial charge on any atom is -0.375 e. The highest BCUT2D eigenvalue weighted by Gasteiger charge is 2.17. The number of methoxy groups -OCH3 is 1. The zero-order chi connectivity index (χ0) is 18.8. The summed E-state index contributed by atoms with van der Waals surface area (Å²) in [5.74, 6) is 0. The number of ether oxygens (including phenoxy) is 1. The van der Waals surface area contributed by atoms with E-state index in [0.717, 1.165) is 38.4 Å². The smallest absolute Gasteiger partial charge is 0.122 e. The molecule has 2 heterocycles. The van der Waals surface area contributed by atoms with Gasteiger partial charge >= 0.3 is 0 Å². The van der Waals surface area contributed by atoms with E-state index in [1.165, 1.54) is 0 Å². The number of hydrogen-bond donors (Lipinski definition) is 0. The Bertz CT molecular complexity index is 989. The monoisotopic (exact) mass is 366 g/mol. The van der Waals surface area contributed by atoms with Gasteiger partial charge in [-0.25, -0.2) is 4.98 Å². The van der Waals surface area contributed by atoms with Crippen molar-refractivity contribution in [3.05, 3.63) is 51.1 Å². The fourth-order valence-electron chi connectivity index (χ4n) is 3.15. The van der Waals surface area contributed by atoms with Crippen LogP contribution in [0.4, 0.5) is 5.69 Å². The number of pyridine rings is 1. The van der Waals surface area contributed by atoms with Crippen molar-refractivity contribution < 1.29 is 4.74 Å². The Kier molecular flexibility index (Phi) is 5.21. The first-order valence-electron chi connectivity index (χ1n) is 8.43. The molecule has 5 nitrogen and oxygen atoms in total. The predicted molar refractivity (Wildman–Crippen MR) is 106 cm³/mol. The fourth-order valence-corrected chi connectivity index (χ4v) is 3.99. The van der Waals surface area contributed by atoms with Gasteiger partial charge in [-0.3, -0.25) is 4.98 Å². The van der Waals surface area contributed by atoms with Gasteiger partial charge in [-0.1, -0.05) is 11.6 Å². The number of anilines is 1. The molecule has 0 aliphatic rings. The van der Waals surface area contributed by atoms with Gasteiger partial charge in [0.25, 0.3) is 0 Å². The van der Waals surface area contributed by atoms with Gasteiger partial charge in [-0.15, -0.1) is 11.3 Å². The lowest BCUT2D eigenvalue weighted by Crippen LogP contribution is -2.18. The average molecular weight is 366 g/mol. The van der Waals surface area contributed by atoms with Gasteiger partial charge in [-0.05, 0) is 32.4 Å². The van der Waals surface area contributed by atoms with E-state index in [4.69, 9.17) is 4.74 Å². The standard InChI is InChI=1S/C20H22N4OS/c1-12-6-13(2)18-17(7-12)19(15(8-21)9-22-18)24(4)10-16-11-26-20(23-16)14(3)25-5/h6-7,9,11,14H,10H2,1-5H3. The minimum atomic E-state index is -0.0132. The molecule has 1 atom stereocenters. The van der Waals surface area contributed by atoms with Gasteiger partial charge in [0.15, 0.2) is 0 Å². The number of benzene rings is 1. The predicted octanol–water partition coefficient (Wildman–Crippen LogP) is 4.52. The highest BCUT2D eigenvalue weighted by Crippen LogP contribution is 2.32. The number of thiazole rings is 1. The number of aromatic nitrogens is 2. The van der Waals surface area contributed by atoms with Crippen LogP contribution in [0.25, 0.3) is 10.9 Å². The molecule has 0 amide bonds. The average Bonchev–Trinajstić information content (AvgIpc) is 3.08. The second-order valence-corrected chi connectivity index (χ2v) is 7.41. The molecule has 0 bridgehead atoms. The summed E-state index contributed by atoms with van der Waals surface area (Å²) < 4.78 is 5.34. The Balaban J connectivity index is 2.03. The van der Waals surface area contributed by atoms with Gasteiger partial charge in [0, 0.05) is 31.1 Å². The Morgan fingerprint density at radius 2 is 2.12 bits per heavy atom. The number of aryl methyl sites for hydroxylation is 2. The molecule has 0 radical (unpaired) electrons. The SMILES string of the molecule is COC(C)c1nc(CN(C)c2c(C#N)cnc3c(C)cc(C)cc23)cs1. The van der Waals surface area contributed by atoms with Crippen molar-refractivity contribution in [3.8, 4) is 6.07 Å². The lowest BCUT2D eigenvalue weighted by molar-refractivity contribution is 0.119. The van der Waals surface area contributed by atoms with Crippen LogP contribution in [-0.4, -0.2) is 24.1 Å². The first kappa shape index (κ1) is 18.3. The van der Waals surface area contributed by atoms with Crippen molar-refractivity contribution >= 4 is 27.9 Å². The summed E-state index contributed by atoms with van der Waals surface area (Å²) in [6, 6.07) is 6.50. The number of rotatable bonds is 5. The van der Waals surface area contributed by atoms with Crippen LogP contribution in [0.5, 0.6) is 0 Å². The number of fused-ring (bicyclic) bond motifs is 1. The molecular weight excluding hydrogens is 344 g/mol. The molecular formula is C20H22N4OS. The summed E-state index contributed by atoms with van der Waals surface area (Å²) in [5.41, 5.74) is 5.65. The van der Waals surface area contributed by atoms with E-state index in [1.807, 2.05) is 19.4 Å². The summed E-state index contributed by atoms with van der Waals surface area (Å²) in [6.07, 6.45) is 1.65. The normalized spacial score (nSPS) is 12.2. The highest BCUT2D eigenvalue weighted by molar-refractivity contribution is 7.09. The molecule has 0 fully saturated rings. The quantitative estimate of drug-likeness (QED) is 0.664. The highest BCUT2D eigenvalue weighted by atomic mass is 32.1. The van der Waals surface area contributed by atoms with Crippen molar-refractivity contribution in [2.75, 3.05) is 19.1 Å². The van der Waals surface area contributed by atoms with Gasteiger partial charge in [0.2, 0.25) is 0 Å². The molecule has 0 aliphatic heterocycles. The van der Waals surface area contributed by atoms with Gasteiger partial charge < -0.3 is 9.64 Å². The van der Waals surface area contributed by atoms with Crippen LogP contribution < -0.4 is 4.90 Å². The zero-order valence-electron chi connectivity index (χ0n) is 15.7. The summed E-state index contributed by atoms with van der Waals surface area (Å²) >= 11 is 1.60. The van der Waals surface area contributed by atoms with E-state index in [2.05, 4.69) is 46.9 Å². The molecule has 0 saturated heterocycles. The van der Waals surface area contributed by atoms with Gasteiger partial charge in [0.05, 0.1) is 29.0 Å². The third-order valence-corrected chi connectivity index (χ3v) is 5.50. The Labute approximate surface area is 157 Å². The maximum atomic E-state index is 9.59. The number of hydrogen-bond acceptors (Lipinski definition) is 6. The Morgan fingerprint density at radius 3 is 2.81 bits per heavy atom. The van der Waals surface area contributed by atoms with Crippen LogP contribution in [0.2, 0.25) is 0 Å². The third-order valence-electron chi connectivity index (χ3n) is 4.45. The number of nitriles is 1. The van der Waals surface area contributed by atoms with Crippen LogP contribution in [-0.2, 0) is 11.3 Å². The van der Waals surface area contributed by atoms with Gasteiger partial charge in [0.1, 0.15) is 17.2 Å². The van der Waals surface area contributed by atoms with Crippen LogP contribution in [0, 0.1) is 25.2 Å². The summed E-state index contributed by atoms with van der Waals surface area (Å²) in [6.45, 7) is 6.72. The molecule has 3 rings (SSSR count). The first-order chi connectivity index (χ1) is 12.4. The van der Waals surface area contributed by atoms with Crippen LogP contribution in [0.15, 0.2) is 23.7 Å². The lowest BCUT2D eigenvalue weighted by Gasteiger charge is -2.22. The minimum absolute atomic E-state index is 0.0132. The first-order valence-corrected chi connectivity index (χ1v) is 9.30. The van der Waals surface area contributed by atoms with Crippen molar-refractivity contribution in [2.24, 2.45) is 0 Å². The van der Waals surface area contributed by atoms with Crippen LogP contribution >= 0.6 is 11.3 Å². The van der Waals surface area contributed by atoms with Crippen molar-refractivity contribution in [2.45, 2.75) is 33.4 Å². The molecule has 0 N–H and O–H groups in total. The van der Waals surface area contributed by atoms with E-state index in [0.29, 0.717) is 12.1 Å². The molecule has 0 aliphatic carbocycles. The van der Waals surface area contributed by atoms with Crippen LogP contribution in [0.3, 0.4) is 0 Å². The van der Waals surface area contributed by atoms with Crippen LogP contribution in [0.1, 0.15) is 40.4 Å². The molecule has 0 saturated carbocycles. The maximum Gasteiger partial charge on any atom is 0.122 e. The topological polar surface area (TPSA) is 62.0 Å². The zero-order valence-corrected chi connectivity index (χ0v) is 16.5. The lowest BCUT2D eigenvalue weighted by atomic mass is 10.0. The summed E-state index contributed by atoms with van der Waals surface area (Å²) in [5, 5.41) is 13.6. The summed E-state index contributed by atoms with van der Waals surface area (Å²) in [4.78, 5) is 11.3. The van der Waals surface area contributed by atoms with E-state index < -0.39 is 0 Å². The molecule has 2 aromatic heterocycles. The van der Waals surface area contributed by atoms with Crippen molar-refractivity contribution in [3.63, 3.8) is 0 Å². The van der Waals surface area contributed by atoms with Crippen molar-refractivity contribution in [1.82, 2.24) is 9.97 Å². The Hall–Kier alpha value is -2.49. The molecule has 134 valence electrons. The molecule has 1 unspecified atom stereocenters. The van der Waals surface area contributed by atoms with Gasteiger partial charge in [-0.2, -0.15) is 5.26 Å². The molecule has 26 heavy (non-hydrogen) atoms. The van der Waals surface area contributed by atoms with E-state index in [1.54, 1.807) is 24.6 Å². The van der Waals surface area contributed by atoms with E-state index in [-0.39, 0.29) is 6.10 Å². The Morgan fingerprint density at radius 1 is 1.35 bits per heavy atom. The van der Waals surface area contributed by atoms with E-state index >= 15 is 0 Å². The second kappa shape index (κ2) is 7.40.